The highest BCUT2D eigenvalue weighted by molar-refractivity contribution is 5.90. The number of hydrogen-bond donors (Lipinski definition) is 0. The summed E-state index contributed by atoms with van der Waals surface area (Å²) in [5.41, 5.74) is 0.461. The first-order valence-electron chi connectivity index (χ1n) is 10.1. The van der Waals surface area contributed by atoms with E-state index < -0.39 is 11.6 Å². The van der Waals surface area contributed by atoms with Gasteiger partial charge < -0.3 is 19.1 Å². The van der Waals surface area contributed by atoms with Gasteiger partial charge in [-0.1, -0.05) is 18.2 Å². The summed E-state index contributed by atoms with van der Waals surface area (Å²) in [7, 11) is 1.50. The Labute approximate surface area is 176 Å². The first-order chi connectivity index (χ1) is 14.3. The molecule has 1 aromatic carbocycles. The molecule has 162 valence electrons. The van der Waals surface area contributed by atoms with Crippen molar-refractivity contribution >= 4 is 12.1 Å². The molecule has 0 radical (unpaired) electrons. The van der Waals surface area contributed by atoms with Crippen molar-refractivity contribution in [2.75, 3.05) is 26.8 Å². The molecule has 0 saturated carbocycles. The van der Waals surface area contributed by atoms with Gasteiger partial charge in [0.25, 0.3) is 0 Å². The third-order valence-electron chi connectivity index (χ3n) is 4.83. The average molecular weight is 415 g/mol. The zero-order valence-electron chi connectivity index (χ0n) is 18.0. The smallest absolute Gasteiger partial charge is 0.410 e. The molecule has 3 rings (SSSR count). The van der Waals surface area contributed by atoms with Crippen molar-refractivity contribution < 1.29 is 23.8 Å². The molecule has 0 aliphatic carbocycles. The Morgan fingerprint density at radius 1 is 1.13 bits per heavy atom. The lowest BCUT2D eigenvalue weighted by molar-refractivity contribution is 0.0113. The third kappa shape index (κ3) is 5.52. The van der Waals surface area contributed by atoms with Crippen LogP contribution in [-0.2, 0) is 9.47 Å². The Balaban J connectivity index is 1.53. The third-order valence-corrected chi connectivity index (χ3v) is 4.83. The average Bonchev–Trinajstić information content (AvgIpc) is 3.16. The van der Waals surface area contributed by atoms with E-state index in [1.807, 2.05) is 51.1 Å². The molecule has 0 bridgehead atoms. The van der Waals surface area contributed by atoms with Gasteiger partial charge in [0.05, 0.1) is 25.6 Å². The van der Waals surface area contributed by atoms with Crippen LogP contribution < -0.4 is 4.74 Å². The minimum absolute atomic E-state index is 0.146. The normalized spacial score (nSPS) is 15.0. The van der Waals surface area contributed by atoms with Crippen LogP contribution in [-0.4, -0.2) is 59.2 Å². The lowest BCUT2D eigenvalue weighted by Gasteiger charge is -2.33. The number of amides is 1. The van der Waals surface area contributed by atoms with Gasteiger partial charge >= 0.3 is 12.1 Å². The molecule has 1 amide bonds. The maximum absolute atomic E-state index is 12.6. The molecule has 8 nitrogen and oxygen atoms in total. The SMILES string of the molecule is COc1cn(-c2ccccc2)nc1C(=O)OCC1CCN(C(=O)OC(C)(C)C)CC1. The molecule has 8 heteroatoms. The van der Waals surface area contributed by atoms with Crippen molar-refractivity contribution in [2.45, 2.75) is 39.2 Å². The lowest BCUT2D eigenvalue weighted by Crippen LogP contribution is -2.42. The number of ether oxygens (including phenoxy) is 3. The number of aromatic nitrogens is 2. The van der Waals surface area contributed by atoms with Crippen LogP contribution in [0.2, 0.25) is 0 Å². The van der Waals surface area contributed by atoms with Gasteiger partial charge in [-0.2, -0.15) is 5.10 Å². The number of rotatable bonds is 5. The predicted octanol–water partition coefficient (Wildman–Crippen LogP) is 3.68. The Hall–Kier alpha value is -3.03. The molecule has 1 fully saturated rings. The van der Waals surface area contributed by atoms with E-state index in [0.29, 0.717) is 18.8 Å². The topological polar surface area (TPSA) is 82.9 Å². The fourth-order valence-electron chi connectivity index (χ4n) is 3.23. The van der Waals surface area contributed by atoms with Crippen LogP contribution in [0.25, 0.3) is 5.69 Å². The van der Waals surface area contributed by atoms with Crippen LogP contribution in [0.15, 0.2) is 36.5 Å². The van der Waals surface area contributed by atoms with E-state index in [9.17, 15) is 9.59 Å². The van der Waals surface area contributed by atoms with Crippen LogP contribution in [0.4, 0.5) is 4.79 Å². The zero-order chi connectivity index (χ0) is 21.7. The van der Waals surface area contributed by atoms with Crippen LogP contribution >= 0.6 is 0 Å². The molecule has 1 aliphatic rings. The van der Waals surface area contributed by atoms with Crippen molar-refractivity contribution in [3.05, 3.63) is 42.2 Å². The number of esters is 1. The molecule has 2 aromatic rings. The summed E-state index contributed by atoms with van der Waals surface area (Å²) in [6, 6.07) is 9.48. The van der Waals surface area contributed by atoms with Gasteiger partial charge in [-0.05, 0) is 51.7 Å². The molecule has 0 atom stereocenters. The fourth-order valence-corrected chi connectivity index (χ4v) is 3.23. The van der Waals surface area contributed by atoms with E-state index in [1.165, 1.54) is 7.11 Å². The van der Waals surface area contributed by atoms with E-state index in [1.54, 1.807) is 15.8 Å². The largest absolute Gasteiger partial charge is 0.493 e. The number of carbonyl (C=O) groups is 2. The molecule has 1 aliphatic heterocycles. The predicted molar refractivity (Wildman–Crippen MR) is 111 cm³/mol. The monoisotopic (exact) mass is 415 g/mol. The van der Waals surface area contributed by atoms with E-state index in [-0.39, 0.29) is 24.3 Å². The van der Waals surface area contributed by atoms with E-state index in [2.05, 4.69) is 5.10 Å². The molecular formula is C22H29N3O5. The van der Waals surface area contributed by atoms with Gasteiger partial charge in [0.2, 0.25) is 5.69 Å². The second-order valence-corrected chi connectivity index (χ2v) is 8.34. The Kier molecular flexibility index (Phi) is 6.64. The molecule has 1 aromatic heterocycles. The van der Waals surface area contributed by atoms with Crippen molar-refractivity contribution in [3.8, 4) is 11.4 Å². The Bertz CT molecular complexity index is 865. The molecule has 2 heterocycles. The molecule has 1 saturated heterocycles. The number of likely N-dealkylation sites (tertiary alicyclic amines) is 1. The first kappa shape index (κ1) is 21.7. The quantitative estimate of drug-likeness (QED) is 0.693. The molecule has 0 unspecified atom stereocenters. The van der Waals surface area contributed by atoms with Crippen LogP contribution in [0, 0.1) is 5.92 Å². The molecule has 0 N–H and O–H groups in total. The van der Waals surface area contributed by atoms with Gasteiger partial charge in [-0.15, -0.1) is 0 Å². The van der Waals surface area contributed by atoms with Crippen LogP contribution in [0.1, 0.15) is 44.1 Å². The standard InChI is InChI=1S/C22H29N3O5/c1-22(2,3)30-21(27)24-12-10-16(11-13-24)15-29-20(26)19-18(28-4)14-25(23-19)17-8-6-5-7-9-17/h5-9,14,16H,10-13,15H2,1-4H3. The number of para-hydroxylation sites is 1. The Morgan fingerprint density at radius 3 is 2.40 bits per heavy atom. The number of hydrogen-bond acceptors (Lipinski definition) is 6. The summed E-state index contributed by atoms with van der Waals surface area (Å²) < 4.78 is 17.8. The van der Waals surface area contributed by atoms with Crippen molar-refractivity contribution in [2.24, 2.45) is 5.92 Å². The van der Waals surface area contributed by atoms with Gasteiger partial charge in [-0.25, -0.2) is 14.3 Å². The highest BCUT2D eigenvalue weighted by Crippen LogP contribution is 2.23. The maximum atomic E-state index is 12.6. The number of nitrogens with zero attached hydrogens (tertiary/aromatic N) is 3. The van der Waals surface area contributed by atoms with Crippen LogP contribution in [0.5, 0.6) is 5.75 Å². The molecule has 30 heavy (non-hydrogen) atoms. The van der Waals surface area contributed by atoms with Crippen molar-refractivity contribution in [1.29, 1.82) is 0 Å². The number of piperidine rings is 1. The highest BCUT2D eigenvalue weighted by Gasteiger charge is 2.28. The summed E-state index contributed by atoms with van der Waals surface area (Å²) in [6.07, 6.45) is 2.87. The maximum Gasteiger partial charge on any atom is 0.410 e. The summed E-state index contributed by atoms with van der Waals surface area (Å²) in [5.74, 6) is 0.0366. The van der Waals surface area contributed by atoms with Gasteiger partial charge in [0.1, 0.15) is 5.60 Å². The van der Waals surface area contributed by atoms with Gasteiger partial charge in [0, 0.05) is 13.1 Å². The van der Waals surface area contributed by atoms with Crippen molar-refractivity contribution in [1.82, 2.24) is 14.7 Å². The summed E-state index contributed by atoms with van der Waals surface area (Å²) >= 11 is 0. The number of benzene rings is 1. The second kappa shape index (κ2) is 9.19. The Morgan fingerprint density at radius 2 is 1.80 bits per heavy atom. The van der Waals surface area contributed by atoms with E-state index in [4.69, 9.17) is 14.2 Å². The fraction of sp³-hybridized carbons (Fsp3) is 0.500. The van der Waals surface area contributed by atoms with E-state index in [0.717, 1.165) is 18.5 Å². The lowest BCUT2D eigenvalue weighted by atomic mass is 9.98. The summed E-state index contributed by atoms with van der Waals surface area (Å²) in [4.78, 5) is 26.4. The minimum Gasteiger partial charge on any atom is -0.493 e. The van der Waals surface area contributed by atoms with Crippen LogP contribution in [0.3, 0.4) is 0 Å². The summed E-state index contributed by atoms with van der Waals surface area (Å²) in [6.45, 7) is 7.01. The number of methoxy groups -OCH3 is 1. The molecule has 0 spiro atoms. The highest BCUT2D eigenvalue weighted by atomic mass is 16.6. The summed E-state index contributed by atoms with van der Waals surface area (Å²) in [5, 5.41) is 4.33. The van der Waals surface area contributed by atoms with Gasteiger partial charge in [0.15, 0.2) is 5.75 Å². The molecular weight excluding hydrogens is 386 g/mol. The van der Waals surface area contributed by atoms with E-state index >= 15 is 0 Å². The number of carbonyl (C=O) groups excluding carboxylic acids is 2. The minimum atomic E-state index is -0.517. The first-order valence-corrected chi connectivity index (χ1v) is 10.1. The van der Waals surface area contributed by atoms with Gasteiger partial charge in [-0.3, -0.25) is 0 Å². The zero-order valence-corrected chi connectivity index (χ0v) is 18.0. The second-order valence-electron chi connectivity index (χ2n) is 8.34. The van der Waals surface area contributed by atoms with Crippen molar-refractivity contribution in [3.63, 3.8) is 0 Å².